The minimum Gasteiger partial charge on any atom is -0.478 e. The van der Waals surface area contributed by atoms with Crippen molar-refractivity contribution in [2.45, 2.75) is 26.3 Å². The van der Waals surface area contributed by atoms with Crippen LogP contribution in [0.25, 0.3) is 0 Å². The van der Waals surface area contributed by atoms with Crippen molar-refractivity contribution in [2.75, 3.05) is 4.90 Å². The summed E-state index contributed by atoms with van der Waals surface area (Å²) in [5.74, 6) is -2.12. The Hall–Kier alpha value is -2.84. The van der Waals surface area contributed by atoms with E-state index in [1.165, 1.54) is 6.34 Å². The number of nitrogens with zero attached hydrogens (tertiary/aromatic N) is 4. The molecule has 0 radical (unpaired) electrons. The summed E-state index contributed by atoms with van der Waals surface area (Å²) < 4.78 is 0. The third-order valence-corrected chi connectivity index (χ3v) is 3.74. The van der Waals surface area contributed by atoms with Gasteiger partial charge in [0.25, 0.3) is 11.6 Å². The topological polar surface area (TPSA) is 126 Å². The number of hydrogen-bond acceptors (Lipinski definition) is 6. The number of amides is 1. The van der Waals surface area contributed by atoms with Gasteiger partial charge >= 0.3 is 5.97 Å². The molecule has 0 aliphatic carbocycles. The summed E-state index contributed by atoms with van der Waals surface area (Å²) in [4.78, 5) is 42.7. The van der Waals surface area contributed by atoms with Crippen molar-refractivity contribution in [3.05, 3.63) is 27.9 Å². The highest BCUT2D eigenvalue weighted by molar-refractivity contribution is 6.18. The maximum absolute atomic E-state index is 12.5. The van der Waals surface area contributed by atoms with E-state index in [4.69, 9.17) is 0 Å². The summed E-state index contributed by atoms with van der Waals surface area (Å²) in [6.07, 6.45) is 2.12. The van der Waals surface area contributed by atoms with Gasteiger partial charge in [0.2, 0.25) is 0 Å². The first-order chi connectivity index (χ1) is 10.2. The maximum atomic E-state index is 12.5. The minimum absolute atomic E-state index is 0.104. The van der Waals surface area contributed by atoms with Gasteiger partial charge in [0.05, 0.1) is 11.3 Å². The molecule has 1 amide bonds. The van der Waals surface area contributed by atoms with E-state index in [0.29, 0.717) is 0 Å². The number of hydrogen-bond donors (Lipinski definition) is 1. The summed E-state index contributed by atoms with van der Waals surface area (Å²) in [6.45, 7) is 5.28. The van der Waals surface area contributed by atoms with Crippen molar-refractivity contribution >= 4 is 29.7 Å². The summed E-state index contributed by atoms with van der Waals surface area (Å²) in [6, 6.07) is 0.872. The van der Waals surface area contributed by atoms with Crippen LogP contribution < -0.4 is 4.90 Å². The van der Waals surface area contributed by atoms with Crippen molar-refractivity contribution in [3.63, 3.8) is 0 Å². The van der Waals surface area contributed by atoms with E-state index < -0.39 is 33.6 Å². The van der Waals surface area contributed by atoms with Crippen LogP contribution in [0, 0.1) is 16.0 Å². The van der Waals surface area contributed by atoms with Gasteiger partial charge in [-0.3, -0.25) is 24.8 Å². The van der Waals surface area contributed by atoms with E-state index in [0.717, 1.165) is 17.2 Å². The zero-order chi connectivity index (χ0) is 16.7. The molecule has 9 nitrogen and oxygen atoms in total. The predicted octanol–water partition coefficient (Wildman–Crippen LogP) is 1.48. The van der Waals surface area contributed by atoms with Crippen LogP contribution in [0.15, 0.2) is 17.3 Å². The number of nitro groups is 1. The number of rotatable bonds is 4. The minimum atomic E-state index is -1.41. The van der Waals surface area contributed by atoms with E-state index >= 15 is 0 Å². The number of aromatic nitrogens is 1. The monoisotopic (exact) mass is 306 g/mol. The van der Waals surface area contributed by atoms with Crippen LogP contribution in [-0.2, 0) is 4.79 Å². The van der Waals surface area contributed by atoms with Crippen LogP contribution in [0.2, 0.25) is 0 Å². The molecule has 0 saturated carbocycles. The first kappa shape index (κ1) is 15.5. The Morgan fingerprint density at radius 3 is 2.59 bits per heavy atom. The number of aliphatic imine (C=N–C) groups is 1. The van der Waals surface area contributed by atoms with Crippen LogP contribution in [0.3, 0.4) is 0 Å². The molecular formula is C13H14N4O5. The van der Waals surface area contributed by atoms with Gasteiger partial charge in [-0.1, -0.05) is 13.8 Å². The van der Waals surface area contributed by atoms with Gasteiger partial charge in [0, 0.05) is 6.07 Å². The highest BCUT2D eigenvalue weighted by atomic mass is 16.6. The lowest BCUT2D eigenvalue weighted by Gasteiger charge is -2.25. The van der Waals surface area contributed by atoms with Gasteiger partial charge < -0.3 is 5.11 Å². The van der Waals surface area contributed by atoms with Gasteiger partial charge in [-0.15, -0.1) is 0 Å². The number of carbonyl (C=O) groups excluding carboxylic acids is 1. The number of carboxylic acids is 1. The van der Waals surface area contributed by atoms with Crippen molar-refractivity contribution in [1.29, 1.82) is 0 Å². The van der Waals surface area contributed by atoms with Crippen LogP contribution in [0.1, 0.15) is 31.1 Å². The molecule has 0 spiro atoms. The predicted molar refractivity (Wildman–Crippen MR) is 77.1 cm³/mol. The second-order valence-electron chi connectivity index (χ2n) is 5.35. The summed E-state index contributed by atoms with van der Waals surface area (Å²) in [5.41, 5.74) is -1.91. The largest absolute Gasteiger partial charge is 0.478 e. The van der Waals surface area contributed by atoms with Gasteiger partial charge in [-0.2, -0.15) is 0 Å². The Balaban J connectivity index is 2.51. The molecule has 1 aromatic rings. The van der Waals surface area contributed by atoms with Gasteiger partial charge in [0.15, 0.2) is 5.82 Å². The molecule has 0 aromatic carbocycles. The molecule has 0 saturated heterocycles. The van der Waals surface area contributed by atoms with Crippen molar-refractivity contribution < 1.29 is 19.6 Å². The standard InChI is InChI=1S/C13H14N4O5/c1-7(2)13(3)12(20)16(6-15-13)10-9(11(18)19)4-8(5-14-10)17(21)22/h4-7H,1-3H3,(H,18,19). The number of anilines is 1. The lowest BCUT2D eigenvalue weighted by molar-refractivity contribution is -0.385. The van der Waals surface area contributed by atoms with Crippen LogP contribution in [0.4, 0.5) is 11.5 Å². The molecule has 22 heavy (non-hydrogen) atoms. The molecule has 1 unspecified atom stereocenters. The molecule has 0 bridgehead atoms. The molecular weight excluding hydrogens is 292 g/mol. The lowest BCUT2D eigenvalue weighted by Crippen LogP contribution is -2.43. The SMILES string of the molecule is CC(C)C1(C)N=CN(c2ncc([N+](=O)[O-])cc2C(=O)O)C1=O. The summed E-state index contributed by atoms with van der Waals surface area (Å²) in [5, 5.41) is 19.9. The first-order valence-corrected chi connectivity index (χ1v) is 6.45. The third kappa shape index (κ3) is 2.30. The van der Waals surface area contributed by atoms with Crippen LogP contribution >= 0.6 is 0 Å². The van der Waals surface area contributed by atoms with E-state index in [1.54, 1.807) is 6.92 Å². The number of carbonyl (C=O) groups is 2. The molecule has 1 aliphatic rings. The molecule has 2 rings (SSSR count). The zero-order valence-electron chi connectivity index (χ0n) is 12.2. The Kier molecular flexibility index (Phi) is 3.65. The fourth-order valence-corrected chi connectivity index (χ4v) is 1.97. The molecule has 9 heteroatoms. The first-order valence-electron chi connectivity index (χ1n) is 6.45. The fourth-order valence-electron chi connectivity index (χ4n) is 1.97. The highest BCUT2D eigenvalue weighted by Crippen LogP contribution is 2.32. The van der Waals surface area contributed by atoms with E-state index in [9.17, 15) is 24.8 Å². The van der Waals surface area contributed by atoms with Gasteiger partial charge in [0.1, 0.15) is 17.3 Å². The maximum Gasteiger partial charge on any atom is 0.339 e. The third-order valence-electron chi connectivity index (χ3n) is 3.74. The molecule has 1 atom stereocenters. The lowest BCUT2D eigenvalue weighted by atomic mass is 9.89. The molecule has 1 aromatic heterocycles. The second kappa shape index (κ2) is 5.17. The fraction of sp³-hybridized carbons (Fsp3) is 0.385. The summed E-state index contributed by atoms with van der Waals surface area (Å²) in [7, 11) is 0. The number of pyridine rings is 1. The second-order valence-corrected chi connectivity index (χ2v) is 5.35. The Bertz CT molecular complexity index is 700. The molecule has 1 aliphatic heterocycles. The zero-order valence-corrected chi connectivity index (χ0v) is 12.2. The quantitative estimate of drug-likeness (QED) is 0.663. The molecule has 0 fully saturated rings. The summed E-state index contributed by atoms with van der Waals surface area (Å²) >= 11 is 0. The highest BCUT2D eigenvalue weighted by Gasteiger charge is 2.45. The Labute approximate surface area is 125 Å². The Morgan fingerprint density at radius 2 is 2.14 bits per heavy atom. The van der Waals surface area contributed by atoms with E-state index in [2.05, 4.69) is 9.98 Å². The smallest absolute Gasteiger partial charge is 0.339 e. The van der Waals surface area contributed by atoms with Crippen molar-refractivity contribution in [3.8, 4) is 0 Å². The van der Waals surface area contributed by atoms with Crippen molar-refractivity contribution in [2.24, 2.45) is 10.9 Å². The van der Waals surface area contributed by atoms with Crippen molar-refractivity contribution in [1.82, 2.24) is 4.98 Å². The average molecular weight is 306 g/mol. The molecule has 1 N–H and O–H groups in total. The van der Waals surface area contributed by atoms with Crippen LogP contribution in [-0.4, -0.2) is 38.8 Å². The number of carboxylic acid groups (broad SMARTS) is 1. The molecule has 2 heterocycles. The normalized spacial score (nSPS) is 20.7. The number of aromatic carboxylic acids is 1. The Morgan fingerprint density at radius 1 is 1.50 bits per heavy atom. The van der Waals surface area contributed by atoms with E-state index in [-0.39, 0.29) is 11.7 Å². The average Bonchev–Trinajstić information content (AvgIpc) is 2.75. The molecule has 116 valence electrons. The van der Waals surface area contributed by atoms with Gasteiger partial charge in [-0.05, 0) is 12.8 Å². The van der Waals surface area contributed by atoms with E-state index in [1.807, 2.05) is 13.8 Å². The van der Waals surface area contributed by atoms with Crippen LogP contribution in [0.5, 0.6) is 0 Å². The van der Waals surface area contributed by atoms with Gasteiger partial charge in [-0.25, -0.2) is 9.78 Å².